The third-order valence-electron chi connectivity index (χ3n) is 3.60. The van der Waals surface area contributed by atoms with Gasteiger partial charge < -0.3 is 15.7 Å². The summed E-state index contributed by atoms with van der Waals surface area (Å²) in [7, 11) is 0. The van der Waals surface area contributed by atoms with E-state index in [1.54, 1.807) is 17.0 Å². The molecule has 1 aliphatic carbocycles. The van der Waals surface area contributed by atoms with E-state index in [1.807, 2.05) is 0 Å². The van der Waals surface area contributed by atoms with Gasteiger partial charge in [0.25, 0.3) is 5.91 Å². The molecule has 0 aliphatic heterocycles. The summed E-state index contributed by atoms with van der Waals surface area (Å²) in [6, 6.07) is 4.94. The molecule has 1 amide bonds. The highest BCUT2D eigenvalue weighted by Crippen LogP contribution is 2.31. The molecule has 1 aromatic rings. The maximum atomic E-state index is 11.6. The van der Waals surface area contributed by atoms with Crippen LogP contribution in [0.3, 0.4) is 0 Å². The summed E-state index contributed by atoms with van der Waals surface area (Å²) < 4.78 is 0. The fourth-order valence-corrected chi connectivity index (χ4v) is 2.90. The number of benzene rings is 1. The van der Waals surface area contributed by atoms with Gasteiger partial charge in [-0.05, 0) is 31.0 Å². The van der Waals surface area contributed by atoms with Crippen LogP contribution >= 0.6 is 11.6 Å². The van der Waals surface area contributed by atoms with Gasteiger partial charge in [-0.15, -0.1) is 0 Å². The lowest BCUT2D eigenvalue weighted by Crippen LogP contribution is -2.39. The topological polar surface area (TPSA) is 83.6 Å². The number of rotatable bonds is 5. The van der Waals surface area contributed by atoms with E-state index < -0.39 is 11.9 Å². The van der Waals surface area contributed by atoms with Gasteiger partial charge in [-0.3, -0.25) is 9.59 Å². The first-order chi connectivity index (χ1) is 9.49. The van der Waals surface area contributed by atoms with E-state index in [-0.39, 0.29) is 18.2 Å². The highest BCUT2D eigenvalue weighted by atomic mass is 35.5. The van der Waals surface area contributed by atoms with Crippen molar-refractivity contribution >= 4 is 29.2 Å². The predicted molar refractivity (Wildman–Crippen MR) is 77.2 cm³/mol. The maximum Gasteiger partial charge on any atom is 0.323 e. The van der Waals surface area contributed by atoms with Crippen molar-refractivity contribution in [1.29, 1.82) is 0 Å². The molecule has 1 aliphatic rings. The molecule has 2 rings (SSSR count). The maximum absolute atomic E-state index is 11.6. The van der Waals surface area contributed by atoms with E-state index >= 15 is 0 Å². The Hall–Kier alpha value is -1.75. The average Bonchev–Trinajstić information content (AvgIpc) is 2.89. The molecule has 108 valence electrons. The van der Waals surface area contributed by atoms with E-state index in [0.717, 1.165) is 25.7 Å². The summed E-state index contributed by atoms with van der Waals surface area (Å²) in [5, 5.41) is 9.51. The van der Waals surface area contributed by atoms with E-state index in [1.165, 1.54) is 6.07 Å². The molecule has 1 fully saturated rings. The number of carboxylic acid groups (broad SMARTS) is 1. The van der Waals surface area contributed by atoms with Gasteiger partial charge in [-0.25, -0.2) is 0 Å². The number of amides is 1. The fourth-order valence-electron chi connectivity index (χ4n) is 2.73. The third-order valence-corrected chi connectivity index (χ3v) is 3.84. The lowest BCUT2D eigenvalue weighted by Gasteiger charge is -2.31. The van der Waals surface area contributed by atoms with Gasteiger partial charge in [-0.2, -0.15) is 0 Å². The normalized spacial score (nSPS) is 15.2. The molecule has 3 N–H and O–H groups in total. The van der Waals surface area contributed by atoms with E-state index in [4.69, 9.17) is 22.4 Å². The second-order valence-corrected chi connectivity index (χ2v) is 5.42. The number of carboxylic acids is 1. The molecule has 0 heterocycles. The second kappa shape index (κ2) is 6.13. The van der Waals surface area contributed by atoms with Crippen molar-refractivity contribution in [3.63, 3.8) is 0 Å². The van der Waals surface area contributed by atoms with Gasteiger partial charge in [0.1, 0.15) is 6.54 Å². The fraction of sp³-hybridized carbons (Fsp3) is 0.429. The molecule has 0 atom stereocenters. The molecule has 1 aromatic carbocycles. The predicted octanol–water partition coefficient (Wildman–Crippen LogP) is 2.27. The molecule has 1 saturated carbocycles. The molecule has 0 saturated heterocycles. The number of hydrogen-bond acceptors (Lipinski definition) is 3. The number of carbonyl (C=O) groups is 2. The average molecular weight is 297 g/mol. The smallest absolute Gasteiger partial charge is 0.323 e. The monoisotopic (exact) mass is 296 g/mol. The Bertz CT molecular complexity index is 527. The summed E-state index contributed by atoms with van der Waals surface area (Å²) in [5.74, 6) is -1.53. The molecule has 5 nitrogen and oxygen atoms in total. The first kappa shape index (κ1) is 14.7. The van der Waals surface area contributed by atoms with Gasteiger partial charge >= 0.3 is 5.97 Å². The molecule has 0 aromatic heterocycles. The molecule has 0 radical (unpaired) electrons. The Morgan fingerprint density at radius 2 is 2.00 bits per heavy atom. The standard InChI is InChI=1S/C14H17ClN2O3/c15-9-5-6-12(11(7-9)14(16)20)17(8-13(18)19)10-3-1-2-4-10/h5-7,10H,1-4,8H2,(H2,16,20)(H,18,19). The van der Waals surface area contributed by atoms with Crippen LogP contribution in [0.1, 0.15) is 36.0 Å². The zero-order valence-electron chi connectivity index (χ0n) is 11.0. The second-order valence-electron chi connectivity index (χ2n) is 4.99. The highest BCUT2D eigenvalue weighted by Gasteiger charge is 2.27. The Labute approximate surface area is 122 Å². The number of hydrogen-bond donors (Lipinski definition) is 2. The molecule has 0 bridgehead atoms. The van der Waals surface area contributed by atoms with Crippen molar-refractivity contribution in [2.24, 2.45) is 5.73 Å². The quantitative estimate of drug-likeness (QED) is 0.873. The zero-order valence-corrected chi connectivity index (χ0v) is 11.8. The van der Waals surface area contributed by atoms with Crippen molar-refractivity contribution < 1.29 is 14.7 Å². The summed E-state index contributed by atoms with van der Waals surface area (Å²) in [5.41, 5.74) is 6.20. The lowest BCUT2D eigenvalue weighted by atomic mass is 10.1. The van der Waals surface area contributed by atoms with Crippen LogP contribution in [0.2, 0.25) is 5.02 Å². The minimum Gasteiger partial charge on any atom is -0.480 e. The van der Waals surface area contributed by atoms with Crippen molar-refractivity contribution in [3.05, 3.63) is 28.8 Å². The third kappa shape index (κ3) is 3.22. The van der Waals surface area contributed by atoms with E-state index in [2.05, 4.69) is 0 Å². The van der Waals surface area contributed by atoms with Gasteiger partial charge in [0.15, 0.2) is 0 Å². The van der Waals surface area contributed by atoms with Crippen LogP contribution in [0.4, 0.5) is 5.69 Å². The van der Waals surface area contributed by atoms with Crippen molar-refractivity contribution in [1.82, 2.24) is 0 Å². The number of halogens is 1. The number of aliphatic carboxylic acids is 1. The van der Waals surface area contributed by atoms with E-state index in [0.29, 0.717) is 10.7 Å². The van der Waals surface area contributed by atoms with Gasteiger partial charge in [0.05, 0.1) is 11.3 Å². The summed E-state index contributed by atoms with van der Waals surface area (Å²) >= 11 is 5.89. The van der Waals surface area contributed by atoms with Gasteiger partial charge in [0, 0.05) is 11.1 Å². The summed E-state index contributed by atoms with van der Waals surface area (Å²) in [6.45, 7) is -0.146. The van der Waals surface area contributed by atoms with Crippen LogP contribution in [0.5, 0.6) is 0 Å². The molecule has 0 unspecified atom stereocenters. The van der Waals surface area contributed by atoms with Crippen LogP contribution in [0.25, 0.3) is 0 Å². The van der Waals surface area contributed by atoms with Crippen molar-refractivity contribution in [2.75, 3.05) is 11.4 Å². The highest BCUT2D eigenvalue weighted by molar-refractivity contribution is 6.31. The Morgan fingerprint density at radius 1 is 1.35 bits per heavy atom. The van der Waals surface area contributed by atoms with Crippen LogP contribution in [-0.4, -0.2) is 29.6 Å². The SMILES string of the molecule is NC(=O)c1cc(Cl)ccc1N(CC(=O)O)C1CCCC1. The van der Waals surface area contributed by atoms with Crippen LogP contribution in [-0.2, 0) is 4.79 Å². The van der Waals surface area contributed by atoms with E-state index in [9.17, 15) is 9.59 Å². The number of carbonyl (C=O) groups excluding carboxylic acids is 1. The van der Waals surface area contributed by atoms with Gasteiger partial charge in [-0.1, -0.05) is 24.4 Å². The molecular weight excluding hydrogens is 280 g/mol. The summed E-state index contributed by atoms with van der Waals surface area (Å²) in [4.78, 5) is 24.4. The Morgan fingerprint density at radius 3 is 2.55 bits per heavy atom. The molecular formula is C14H17ClN2O3. The largest absolute Gasteiger partial charge is 0.480 e. The Balaban J connectivity index is 2.41. The number of nitrogens with zero attached hydrogens (tertiary/aromatic N) is 1. The first-order valence-electron chi connectivity index (χ1n) is 6.57. The summed E-state index contributed by atoms with van der Waals surface area (Å²) in [6.07, 6.45) is 3.99. The van der Waals surface area contributed by atoms with Crippen LogP contribution in [0, 0.1) is 0 Å². The Kier molecular flexibility index (Phi) is 4.49. The molecule has 0 spiro atoms. The number of primary amides is 1. The number of anilines is 1. The van der Waals surface area contributed by atoms with Gasteiger partial charge in [0.2, 0.25) is 0 Å². The van der Waals surface area contributed by atoms with Crippen molar-refractivity contribution in [3.8, 4) is 0 Å². The zero-order chi connectivity index (χ0) is 14.7. The van der Waals surface area contributed by atoms with Crippen LogP contribution in [0.15, 0.2) is 18.2 Å². The molecule has 6 heteroatoms. The minimum atomic E-state index is -0.928. The first-order valence-corrected chi connectivity index (χ1v) is 6.94. The lowest BCUT2D eigenvalue weighted by molar-refractivity contribution is -0.135. The van der Waals surface area contributed by atoms with Crippen molar-refractivity contribution in [2.45, 2.75) is 31.7 Å². The molecule has 20 heavy (non-hydrogen) atoms. The minimum absolute atomic E-state index is 0.130. The van der Waals surface area contributed by atoms with Crippen LogP contribution < -0.4 is 10.6 Å². The number of nitrogens with two attached hydrogens (primary N) is 1.